The Balaban J connectivity index is 1.66. The zero-order chi connectivity index (χ0) is 13.0. The normalized spacial score (nSPS) is 15.0. The maximum Gasteiger partial charge on any atom is 0.409 e. The monoisotopic (exact) mass is 249 g/mol. The molecule has 0 saturated carbocycles. The van der Waals surface area contributed by atoms with Crippen molar-refractivity contribution in [1.82, 2.24) is 4.90 Å². The number of rotatable bonds is 4. The van der Waals surface area contributed by atoms with Crippen molar-refractivity contribution < 1.29 is 19.4 Å². The van der Waals surface area contributed by atoms with E-state index >= 15 is 0 Å². The molecule has 0 spiro atoms. The van der Waals surface area contributed by atoms with E-state index in [1.54, 1.807) is 0 Å². The molecule has 0 aromatic heterocycles. The van der Waals surface area contributed by atoms with Gasteiger partial charge in [0.25, 0.3) is 0 Å². The zero-order valence-electron chi connectivity index (χ0n) is 9.91. The van der Waals surface area contributed by atoms with Gasteiger partial charge in [0.05, 0.1) is 12.5 Å². The number of nitrogens with zero attached hydrogens (tertiary/aromatic N) is 1. The molecule has 1 aromatic carbocycles. The van der Waals surface area contributed by atoms with E-state index in [0.29, 0.717) is 13.0 Å². The molecule has 1 fully saturated rings. The van der Waals surface area contributed by atoms with E-state index in [9.17, 15) is 9.59 Å². The maximum atomic E-state index is 11.5. The Kier molecular flexibility index (Phi) is 3.82. The van der Waals surface area contributed by atoms with Gasteiger partial charge in [-0.2, -0.15) is 0 Å². The molecular weight excluding hydrogens is 234 g/mol. The van der Waals surface area contributed by atoms with Crippen molar-refractivity contribution in [3.63, 3.8) is 0 Å². The Bertz CT molecular complexity index is 426. The van der Waals surface area contributed by atoms with E-state index in [1.165, 1.54) is 4.90 Å². The van der Waals surface area contributed by atoms with Crippen molar-refractivity contribution >= 4 is 12.1 Å². The fourth-order valence-corrected chi connectivity index (χ4v) is 1.78. The van der Waals surface area contributed by atoms with E-state index in [0.717, 1.165) is 5.56 Å². The van der Waals surface area contributed by atoms with E-state index < -0.39 is 18.0 Å². The van der Waals surface area contributed by atoms with Crippen molar-refractivity contribution in [2.45, 2.75) is 6.42 Å². The van der Waals surface area contributed by atoms with Crippen LogP contribution in [-0.4, -0.2) is 41.8 Å². The molecule has 0 unspecified atom stereocenters. The number of carboxylic acids is 1. The number of amides is 1. The lowest BCUT2D eigenvalue weighted by atomic mass is 10.0. The van der Waals surface area contributed by atoms with Gasteiger partial charge in [-0.3, -0.25) is 4.79 Å². The predicted octanol–water partition coefficient (Wildman–Crippen LogP) is 1.38. The molecule has 1 aromatic rings. The maximum absolute atomic E-state index is 11.5. The summed E-state index contributed by atoms with van der Waals surface area (Å²) in [5.74, 6) is -1.30. The van der Waals surface area contributed by atoms with Crippen molar-refractivity contribution in [1.29, 1.82) is 0 Å². The second-order valence-electron chi connectivity index (χ2n) is 4.29. The Morgan fingerprint density at radius 2 is 1.94 bits per heavy atom. The lowest BCUT2D eigenvalue weighted by Crippen LogP contribution is -2.53. The molecule has 18 heavy (non-hydrogen) atoms. The molecule has 1 N–H and O–H groups in total. The zero-order valence-corrected chi connectivity index (χ0v) is 9.91. The van der Waals surface area contributed by atoms with Gasteiger partial charge in [0.1, 0.15) is 0 Å². The molecule has 5 nitrogen and oxygen atoms in total. The van der Waals surface area contributed by atoms with Gasteiger partial charge < -0.3 is 14.7 Å². The van der Waals surface area contributed by atoms with Gasteiger partial charge in [-0.15, -0.1) is 0 Å². The Hall–Kier alpha value is -2.04. The number of carbonyl (C=O) groups is 2. The largest absolute Gasteiger partial charge is 0.481 e. The molecule has 0 aliphatic carbocycles. The molecule has 0 radical (unpaired) electrons. The highest BCUT2D eigenvalue weighted by atomic mass is 16.6. The first-order chi connectivity index (χ1) is 8.66. The fourth-order valence-electron chi connectivity index (χ4n) is 1.78. The number of carbonyl (C=O) groups excluding carboxylic acids is 1. The standard InChI is InChI=1S/C13H15NO4/c15-12(16)11-8-14(9-11)13(17)18-7-6-10-4-2-1-3-5-10/h1-5,11H,6-9H2,(H,15,16). The van der Waals surface area contributed by atoms with Crippen LogP contribution in [0.5, 0.6) is 0 Å². The van der Waals surface area contributed by atoms with Crippen LogP contribution in [-0.2, 0) is 16.0 Å². The first kappa shape index (κ1) is 12.4. The van der Waals surface area contributed by atoms with Crippen LogP contribution < -0.4 is 0 Å². The number of ether oxygens (including phenoxy) is 1. The van der Waals surface area contributed by atoms with Gasteiger partial charge in [0.2, 0.25) is 0 Å². The van der Waals surface area contributed by atoms with E-state index in [4.69, 9.17) is 9.84 Å². The highest BCUT2D eigenvalue weighted by Gasteiger charge is 2.36. The van der Waals surface area contributed by atoms with Crippen molar-refractivity contribution in [2.75, 3.05) is 19.7 Å². The van der Waals surface area contributed by atoms with Gasteiger partial charge in [-0.25, -0.2) is 4.79 Å². The summed E-state index contributed by atoms with van der Waals surface area (Å²) in [4.78, 5) is 23.5. The lowest BCUT2D eigenvalue weighted by Gasteiger charge is -2.35. The summed E-state index contributed by atoms with van der Waals surface area (Å²) in [6.07, 6.45) is 0.242. The molecule has 2 rings (SSSR count). The number of benzene rings is 1. The molecule has 96 valence electrons. The SMILES string of the molecule is O=C(O)C1CN(C(=O)OCCc2ccccc2)C1. The molecule has 0 bridgehead atoms. The summed E-state index contributed by atoms with van der Waals surface area (Å²) in [6, 6.07) is 9.74. The first-order valence-corrected chi connectivity index (χ1v) is 5.85. The highest BCUT2D eigenvalue weighted by Crippen LogP contribution is 2.16. The molecule has 0 atom stereocenters. The van der Waals surface area contributed by atoms with Gasteiger partial charge in [-0.05, 0) is 5.56 Å². The Morgan fingerprint density at radius 1 is 1.28 bits per heavy atom. The number of hydrogen-bond donors (Lipinski definition) is 1. The summed E-state index contributed by atoms with van der Waals surface area (Å²) >= 11 is 0. The van der Waals surface area contributed by atoms with Crippen LogP contribution in [0.25, 0.3) is 0 Å². The van der Waals surface area contributed by atoms with Crippen LogP contribution in [0.1, 0.15) is 5.56 Å². The minimum atomic E-state index is -0.858. The van der Waals surface area contributed by atoms with Crippen LogP contribution in [0.4, 0.5) is 4.79 Å². The van der Waals surface area contributed by atoms with E-state index in [-0.39, 0.29) is 13.1 Å². The molecule has 1 amide bonds. The van der Waals surface area contributed by atoms with Gasteiger partial charge in [0.15, 0.2) is 0 Å². The van der Waals surface area contributed by atoms with Crippen LogP contribution >= 0.6 is 0 Å². The summed E-state index contributed by atoms with van der Waals surface area (Å²) in [5, 5.41) is 8.68. The fraction of sp³-hybridized carbons (Fsp3) is 0.385. The van der Waals surface area contributed by atoms with E-state index in [1.807, 2.05) is 30.3 Å². The van der Waals surface area contributed by atoms with Gasteiger partial charge >= 0.3 is 12.1 Å². The topological polar surface area (TPSA) is 66.8 Å². The molecule has 1 saturated heterocycles. The van der Waals surface area contributed by atoms with Crippen LogP contribution in [0.15, 0.2) is 30.3 Å². The van der Waals surface area contributed by atoms with Crippen molar-refractivity contribution in [3.8, 4) is 0 Å². The first-order valence-electron chi connectivity index (χ1n) is 5.85. The van der Waals surface area contributed by atoms with Gasteiger partial charge in [-0.1, -0.05) is 30.3 Å². The minimum absolute atomic E-state index is 0.250. The second-order valence-corrected chi connectivity index (χ2v) is 4.29. The molecule has 1 heterocycles. The van der Waals surface area contributed by atoms with Crippen LogP contribution in [0.3, 0.4) is 0 Å². The third-order valence-electron chi connectivity index (χ3n) is 2.95. The third-order valence-corrected chi connectivity index (χ3v) is 2.95. The van der Waals surface area contributed by atoms with Crippen LogP contribution in [0, 0.1) is 5.92 Å². The number of likely N-dealkylation sites (tertiary alicyclic amines) is 1. The summed E-state index contributed by atoms with van der Waals surface area (Å²) in [6.45, 7) is 0.816. The lowest BCUT2D eigenvalue weighted by molar-refractivity contribution is -0.146. The summed E-state index contributed by atoms with van der Waals surface area (Å²) in [7, 11) is 0. The molecular formula is C13H15NO4. The predicted molar refractivity (Wildman–Crippen MR) is 64.2 cm³/mol. The minimum Gasteiger partial charge on any atom is -0.481 e. The average molecular weight is 249 g/mol. The highest BCUT2D eigenvalue weighted by molar-refractivity contribution is 5.76. The third kappa shape index (κ3) is 3.00. The number of carboxylic acid groups (broad SMARTS) is 1. The molecule has 5 heteroatoms. The molecule has 1 aliphatic rings. The van der Waals surface area contributed by atoms with Crippen molar-refractivity contribution in [3.05, 3.63) is 35.9 Å². The van der Waals surface area contributed by atoms with Crippen molar-refractivity contribution in [2.24, 2.45) is 5.92 Å². The van der Waals surface area contributed by atoms with E-state index in [2.05, 4.69) is 0 Å². The quantitative estimate of drug-likeness (QED) is 0.875. The summed E-state index contributed by atoms with van der Waals surface area (Å²) in [5.41, 5.74) is 1.11. The average Bonchev–Trinajstić information content (AvgIpc) is 2.28. The Morgan fingerprint density at radius 3 is 2.56 bits per heavy atom. The van der Waals surface area contributed by atoms with Gasteiger partial charge in [0, 0.05) is 19.5 Å². The van der Waals surface area contributed by atoms with Crippen LogP contribution in [0.2, 0.25) is 0 Å². The molecule has 1 aliphatic heterocycles. The number of aliphatic carboxylic acids is 1. The second kappa shape index (κ2) is 5.53. The number of hydrogen-bond acceptors (Lipinski definition) is 3. The smallest absolute Gasteiger partial charge is 0.409 e. The Labute approximate surface area is 105 Å². The summed E-state index contributed by atoms with van der Waals surface area (Å²) < 4.78 is 5.07.